The van der Waals surface area contributed by atoms with Crippen molar-refractivity contribution in [3.63, 3.8) is 0 Å². The first kappa shape index (κ1) is 16.5. The zero-order valence-electron chi connectivity index (χ0n) is 14.8. The van der Waals surface area contributed by atoms with Gasteiger partial charge < -0.3 is 9.31 Å². The molecule has 0 amide bonds. The number of hydrogen-bond acceptors (Lipinski definition) is 5. The summed E-state index contributed by atoms with van der Waals surface area (Å²) in [6.45, 7) is 8.40. The van der Waals surface area contributed by atoms with Gasteiger partial charge in [0, 0.05) is 11.8 Å². The lowest BCUT2D eigenvalue weighted by Crippen LogP contribution is -2.34. The van der Waals surface area contributed by atoms with Crippen LogP contribution in [0, 0.1) is 0 Å². The zero-order valence-corrected chi connectivity index (χ0v) is 14.8. The van der Waals surface area contributed by atoms with Crippen molar-refractivity contribution in [2.45, 2.75) is 26.0 Å². The Morgan fingerprint density at radius 2 is 1.96 bits per heavy atom. The molecule has 0 aliphatic carbocycles. The fourth-order valence-electron chi connectivity index (χ4n) is 2.74. The Hall–Kier alpha value is -2.93. The maximum absolute atomic E-state index is 5.90. The molecule has 26 heavy (non-hydrogen) atoms. The van der Waals surface area contributed by atoms with E-state index in [1.54, 1.807) is 10.9 Å². The van der Waals surface area contributed by atoms with Gasteiger partial charge in [-0.3, -0.25) is 4.98 Å². The number of hydrogen-bond donors (Lipinski definition) is 0. The molecule has 1 aliphatic heterocycles. The smallest absolute Gasteiger partial charge is 0.534 e. The molecule has 0 N–H and O–H groups in total. The third kappa shape index (κ3) is 3.26. The summed E-state index contributed by atoms with van der Waals surface area (Å²) < 4.78 is 13.4. The van der Waals surface area contributed by atoms with E-state index < -0.39 is 12.7 Å². The molecule has 0 unspecified atom stereocenters. The molecule has 2 aromatic heterocycles. The normalized spacial score (nSPS) is 15.9. The molecule has 4 rings (SSSR count). The highest BCUT2D eigenvalue weighted by molar-refractivity contribution is 6.62. The van der Waals surface area contributed by atoms with Crippen LogP contribution in [0.5, 0.6) is 0 Å². The molecule has 0 saturated carbocycles. The zero-order chi connectivity index (χ0) is 18.1. The van der Waals surface area contributed by atoms with E-state index in [1.165, 1.54) is 0 Å². The molecule has 0 atom stereocenters. The van der Waals surface area contributed by atoms with Gasteiger partial charge in [0.15, 0.2) is 0 Å². The van der Waals surface area contributed by atoms with Gasteiger partial charge in [0.1, 0.15) is 11.3 Å². The largest absolute Gasteiger partial charge is 0.563 e. The van der Waals surface area contributed by atoms with Crippen LogP contribution < -0.4 is 5.46 Å². The average molecular weight is 346 g/mol. The van der Waals surface area contributed by atoms with E-state index in [-0.39, 0.29) is 0 Å². The summed E-state index contributed by atoms with van der Waals surface area (Å²) in [4.78, 5) is 4.31. The Kier molecular flexibility index (Phi) is 4.08. The first-order valence-corrected chi connectivity index (χ1v) is 8.45. The molecule has 0 bridgehead atoms. The van der Waals surface area contributed by atoms with Crippen LogP contribution in [0.4, 0.5) is 0 Å². The van der Waals surface area contributed by atoms with Gasteiger partial charge in [-0.1, -0.05) is 42.1 Å². The van der Waals surface area contributed by atoms with Gasteiger partial charge in [-0.2, -0.15) is 0 Å². The predicted octanol–water partition coefficient (Wildman–Crippen LogP) is 2.42. The van der Waals surface area contributed by atoms with Gasteiger partial charge in [0.2, 0.25) is 0 Å². The van der Waals surface area contributed by atoms with Gasteiger partial charge in [0.05, 0.1) is 24.2 Å². The third-order valence-electron chi connectivity index (χ3n) is 4.39. The average Bonchev–Trinajstić information content (AvgIpc) is 3.20. The molecule has 1 fully saturated rings. The first-order valence-electron chi connectivity index (χ1n) is 8.45. The van der Waals surface area contributed by atoms with Crippen LogP contribution in [0.15, 0.2) is 67.2 Å². The monoisotopic (exact) mass is 346 g/mol. The van der Waals surface area contributed by atoms with Crippen molar-refractivity contribution in [2.75, 3.05) is 0 Å². The van der Waals surface area contributed by atoms with Crippen molar-refractivity contribution >= 4 is 12.6 Å². The van der Waals surface area contributed by atoms with Crippen LogP contribution in [-0.4, -0.2) is 32.7 Å². The van der Waals surface area contributed by atoms with E-state index in [0.717, 1.165) is 22.4 Å². The van der Waals surface area contributed by atoms with Crippen molar-refractivity contribution < 1.29 is 9.31 Å². The van der Waals surface area contributed by atoms with Crippen LogP contribution in [0.3, 0.4) is 0 Å². The summed E-state index contributed by atoms with van der Waals surface area (Å²) in [5.74, 6) is 0.643. The topological polar surface area (TPSA) is 62.1 Å². The second kappa shape index (κ2) is 6.42. The lowest BCUT2D eigenvalue weighted by Gasteiger charge is -2.15. The lowest BCUT2D eigenvalue weighted by atomic mass is 9.79. The molecule has 7 heteroatoms. The summed E-state index contributed by atoms with van der Waals surface area (Å²) in [5, 5.41) is 8.44. The van der Waals surface area contributed by atoms with Gasteiger partial charge in [-0.15, -0.1) is 5.10 Å². The lowest BCUT2D eigenvalue weighted by molar-refractivity contribution is 0.173. The summed E-state index contributed by atoms with van der Waals surface area (Å²) in [6.07, 6.45) is 3.69. The molecule has 130 valence electrons. The molecule has 1 aromatic carbocycles. The quantitative estimate of drug-likeness (QED) is 0.679. The van der Waals surface area contributed by atoms with E-state index >= 15 is 0 Å². The van der Waals surface area contributed by atoms with Crippen LogP contribution in [0.2, 0.25) is 0 Å². The van der Waals surface area contributed by atoms with Crippen molar-refractivity contribution in [1.82, 2.24) is 20.0 Å². The molecule has 3 heterocycles. The SMILES string of the molecule is C=C1OB(c2ccc(-c3cn(Cc4ccccn4)nn3)cc2)OC1(C)C. The summed E-state index contributed by atoms with van der Waals surface area (Å²) in [5.41, 5.74) is 3.21. The van der Waals surface area contributed by atoms with E-state index in [2.05, 4.69) is 21.9 Å². The van der Waals surface area contributed by atoms with E-state index in [1.807, 2.05) is 62.5 Å². The minimum Gasteiger partial charge on any atom is -0.534 e. The summed E-state index contributed by atoms with van der Waals surface area (Å²) in [7, 11) is -0.425. The highest BCUT2D eigenvalue weighted by Crippen LogP contribution is 2.29. The highest BCUT2D eigenvalue weighted by atomic mass is 16.7. The number of pyridine rings is 1. The summed E-state index contributed by atoms with van der Waals surface area (Å²) >= 11 is 0. The van der Waals surface area contributed by atoms with Gasteiger partial charge in [0.25, 0.3) is 0 Å². The maximum atomic E-state index is 5.90. The number of benzene rings is 1. The van der Waals surface area contributed by atoms with Crippen molar-refractivity contribution in [2.24, 2.45) is 0 Å². The highest BCUT2D eigenvalue weighted by Gasteiger charge is 2.42. The molecular formula is C19H19BN4O2. The van der Waals surface area contributed by atoms with E-state index in [0.29, 0.717) is 12.3 Å². The maximum Gasteiger partial charge on any atom is 0.563 e. The van der Waals surface area contributed by atoms with Crippen LogP contribution in [0.25, 0.3) is 11.3 Å². The van der Waals surface area contributed by atoms with Crippen LogP contribution in [0.1, 0.15) is 19.5 Å². The molecular weight excluding hydrogens is 327 g/mol. The molecule has 0 radical (unpaired) electrons. The predicted molar refractivity (Wildman–Crippen MR) is 99.6 cm³/mol. The van der Waals surface area contributed by atoms with Crippen molar-refractivity contribution in [3.05, 3.63) is 72.9 Å². The standard InChI is InChI=1S/C19H19BN4O2/c1-14-19(2,3)26-20(25-14)16-9-7-15(8-10-16)18-13-24(23-22-18)12-17-6-4-5-11-21-17/h4-11,13H,1,12H2,2-3H3. The van der Waals surface area contributed by atoms with Gasteiger partial charge in [-0.25, -0.2) is 4.68 Å². The Balaban J connectivity index is 1.48. The number of aromatic nitrogens is 4. The second-order valence-corrected chi connectivity index (χ2v) is 6.75. The second-order valence-electron chi connectivity index (χ2n) is 6.75. The van der Waals surface area contributed by atoms with Gasteiger partial charge >= 0.3 is 7.12 Å². The molecule has 1 aliphatic rings. The van der Waals surface area contributed by atoms with E-state index in [9.17, 15) is 0 Å². The summed E-state index contributed by atoms with van der Waals surface area (Å²) in [6, 6.07) is 13.8. The Labute approximate surface area is 152 Å². The van der Waals surface area contributed by atoms with Gasteiger partial charge in [-0.05, 0) is 31.4 Å². The van der Waals surface area contributed by atoms with Crippen molar-refractivity contribution in [3.8, 4) is 11.3 Å². The Morgan fingerprint density at radius 1 is 1.15 bits per heavy atom. The Bertz CT molecular complexity index is 922. The minimum absolute atomic E-state index is 0.425. The number of rotatable bonds is 4. The van der Waals surface area contributed by atoms with Crippen LogP contribution in [-0.2, 0) is 15.9 Å². The van der Waals surface area contributed by atoms with Crippen molar-refractivity contribution in [1.29, 1.82) is 0 Å². The molecule has 6 nitrogen and oxygen atoms in total. The first-order chi connectivity index (χ1) is 12.5. The van der Waals surface area contributed by atoms with Crippen LogP contribution >= 0.6 is 0 Å². The minimum atomic E-state index is -0.475. The fraction of sp³-hybridized carbons (Fsp3) is 0.211. The molecule has 1 saturated heterocycles. The van der Waals surface area contributed by atoms with E-state index in [4.69, 9.17) is 9.31 Å². The molecule has 3 aromatic rings. The Morgan fingerprint density at radius 3 is 2.62 bits per heavy atom. The fourth-order valence-corrected chi connectivity index (χ4v) is 2.74. The molecule has 0 spiro atoms. The third-order valence-corrected chi connectivity index (χ3v) is 4.39. The number of nitrogens with zero attached hydrogens (tertiary/aromatic N) is 4.